The van der Waals surface area contributed by atoms with Gasteiger partial charge >= 0.3 is 6.18 Å². The van der Waals surface area contributed by atoms with Gasteiger partial charge in [0.25, 0.3) is 0 Å². The van der Waals surface area contributed by atoms with E-state index in [0.29, 0.717) is 53.3 Å². The highest BCUT2D eigenvalue weighted by Gasteiger charge is 2.42. The van der Waals surface area contributed by atoms with Gasteiger partial charge in [0.2, 0.25) is 17.7 Å². The first-order valence-corrected chi connectivity index (χ1v) is 16.6. The number of nitrogens with zero attached hydrogens (tertiary/aromatic N) is 4. The molecule has 3 heterocycles. The maximum atomic E-state index is 15.4. The van der Waals surface area contributed by atoms with E-state index in [-0.39, 0.29) is 22.3 Å². The molecule has 1 atom stereocenters. The lowest BCUT2D eigenvalue weighted by molar-refractivity contribution is -0.124. The zero-order chi connectivity index (χ0) is 34.6. The molecule has 258 valence electrons. The van der Waals surface area contributed by atoms with E-state index >= 15 is 4.39 Å². The molecule has 1 amide bonds. The number of alkyl halides is 3. The molecule has 11 heteroatoms. The van der Waals surface area contributed by atoms with E-state index < -0.39 is 24.8 Å². The predicted molar refractivity (Wildman–Crippen MR) is 180 cm³/mol. The first-order chi connectivity index (χ1) is 23.5. The van der Waals surface area contributed by atoms with Crippen LogP contribution in [0.15, 0.2) is 79.0 Å². The first kappa shape index (κ1) is 34.4. The van der Waals surface area contributed by atoms with Crippen molar-refractivity contribution in [2.45, 2.75) is 63.8 Å². The number of fused-ring (bicyclic) bond motifs is 1. The van der Waals surface area contributed by atoms with Gasteiger partial charge in [0.05, 0.1) is 23.9 Å². The molecule has 6 rings (SSSR count). The Kier molecular flexibility index (Phi) is 10.2. The Labute approximate surface area is 283 Å². The van der Waals surface area contributed by atoms with Gasteiger partial charge in [-0.1, -0.05) is 42.5 Å². The van der Waals surface area contributed by atoms with Crippen molar-refractivity contribution in [3.05, 3.63) is 102 Å². The van der Waals surface area contributed by atoms with Crippen LogP contribution in [0.3, 0.4) is 0 Å². The number of rotatable bonds is 12. The van der Waals surface area contributed by atoms with Crippen molar-refractivity contribution >= 4 is 28.0 Å². The van der Waals surface area contributed by atoms with Crippen molar-refractivity contribution in [2.24, 2.45) is 5.41 Å². The van der Waals surface area contributed by atoms with Crippen LogP contribution in [0.5, 0.6) is 5.88 Å². The quantitative estimate of drug-likeness (QED) is 0.0853. The van der Waals surface area contributed by atoms with E-state index in [4.69, 9.17) is 9.47 Å². The second-order valence-electron chi connectivity index (χ2n) is 13.1. The number of amides is 1. The molecule has 0 spiro atoms. The fourth-order valence-corrected chi connectivity index (χ4v) is 6.29. The molecule has 1 aliphatic heterocycles. The minimum Gasteiger partial charge on any atom is -0.477 e. The van der Waals surface area contributed by atoms with Crippen LogP contribution in [0, 0.1) is 11.4 Å². The fraction of sp³-hybridized carbons (Fsp3) is 0.395. The zero-order valence-corrected chi connectivity index (χ0v) is 27.7. The number of hydrogen-bond acceptors (Lipinski definition) is 5. The average Bonchev–Trinajstić information content (AvgIpc) is 3.80. The first-order valence-electron chi connectivity index (χ1n) is 16.6. The Morgan fingerprint density at radius 2 is 1.84 bits per heavy atom. The minimum atomic E-state index is -4.51. The highest BCUT2D eigenvalue weighted by atomic mass is 19.4. The monoisotopic (exact) mass is 676 g/mol. The number of carbonyl (C=O) groups is 1. The van der Waals surface area contributed by atoms with Gasteiger partial charge in [-0.25, -0.2) is 9.67 Å². The minimum absolute atomic E-state index is 0.0106. The maximum Gasteiger partial charge on any atom is 0.393 e. The van der Waals surface area contributed by atoms with Gasteiger partial charge in [0, 0.05) is 43.9 Å². The molecular weight excluding hydrogens is 636 g/mol. The highest BCUT2D eigenvalue weighted by molar-refractivity contribution is 6.00. The summed E-state index contributed by atoms with van der Waals surface area (Å²) in [6, 6.07) is 16.7. The maximum absolute atomic E-state index is 15.4. The van der Waals surface area contributed by atoms with E-state index in [0.717, 1.165) is 38.5 Å². The second-order valence-corrected chi connectivity index (χ2v) is 13.1. The van der Waals surface area contributed by atoms with Crippen molar-refractivity contribution in [3.8, 4) is 5.88 Å². The Morgan fingerprint density at radius 1 is 1.06 bits per heavy atom. The number of aromatic nitrogens is 3. The second kappa shape index (κ2) is 14.5. The molecule has 2 fully saturated rings. The van der Waals surface area contributed by atoms with E-state index in [2.05, 4.69) is 10.1 Å². The number of pyridine rings is 1. The van der Waals surface area contributed by atoms with E-state index in [1.807, 2.05) is 6.08 Å². The summed E-state index contributed by atoms with van der Waals surface area (Å²) in [5.41, 5.74) is 2.12. The Hall–Kier alpha value is -4.51. The van der Waals surface area contributed by atoms with Gasteiger partial charge in [0.15, 0.2) is 6.23 Å². The summed E-state index contributed by atoms with van der Waals surface area (Å²) >= 11 is 0. The molecule has 1 saturated heterocycles. The number of halogens is 4. The summed E-state index contributed by atoms with van der Waals surface area (Å²) in [6.07, 6.45) is 5.05. The molecule has 2 aromatic carbocycles. The number of ether oxygens (including phenoxy) is 2. The van der Waals surface area contributed by atoms with Crippen molar-refractivity contribution in [3.63, 3.8) is 0 Å². The molecule has 2 aliphatic rings. The number of hydrogen-bond donors (Lipinski definition) is 0. The van der Waals surface area contributed by atoms with Gasteiger partial charge in [-0.05, 0) is 91.5 Å². The lowest BCUT2D eigenvalue weighted by Gasteiger charge is -2.23. The number of carbonyl (C=O) groups excluding carboxylic acids is 1. The lowest BCUT2D eigenvalue weighted by Crippen LogP contribution is -2.19. The molecule has 0 radical (unpaired) electrons. The van der Waals surface area contributed by atoms with Gasteiger partial charge in [-0.2, -0.15) is 17.6 Å². The summed E-state index contributed by atoms with van der Waals surface area (Å²) < 4.78 is 71.4. The van der Waals surface area contributed by atoms with Crippen LogP contribution in [0.2, 0.25) is 0 Å². The van der Waals surface area contributed by atoms with Crippen LogP contribution in [-0.4, -0.2) is 59.1 Å². The van der Waals surface area contributed by atoms with Crippen LogP contribution in [-0.2, 0) is 9.53 Å². The highest BCUT2D eigenvalue weighted by Crippen LogP contribution is 2.50. The van der Waals surface area contributed by atoms with Crippen LogP contribution in [0.1, 0.15) is 74.3 Å². The summed E-state index contributed by atoms with van der Waals surface area (Å²) in [6.45, 7) is 1.01. The van der Waals surface area contributed by atoms with E-state index in [1.54, 1.807) is 80.8 Å². The molecule has 0 bridgehead atoms. The summed E-state index contributed by atoms with van der Waals surface area (Å²) in [4.78, 5) is 17.8. The Bertz CT molecular complexity index is 1820. The van der Waals surface area contributed by atoms with Crippen LogP contribution < -0.4 is 4.74 Å². The van der Waals surface area contributed by atoms with Crippen molar-refractivity contribution in [1.82, 2.24) is 19.7 Å². The molecule has 49 heavy (non-hydrogen) atoms. The number of allylic oxidation sites excluding steroid dienone is 2. The molecule has 1 aliphatic carbocycles. The largest absolute Gasteiger partial charge is 0.477 e. The van der Waals surface area contributed by atoms with Crippen LogP contribution >= 0.6 is 0 Å². The number of benzene rings is 2. The molecule has 1 saturated carbocycles. The Balaban J connectivity index is 1.32. The SMILES string of the molecule is CN(C)C(=O)/C=C/CCC1(COc2ccc(/C(=C(/CC(F)(F)F)c3ccccc3)c3ccc4c(c3)c(F)nn4C3CCCCO3)cn2)CC1. The molecule has 0 N–H and O–H groups in total. The third-order valence-corrected chi connectivity index (χ3v) is 9.23. The van der Waals surface area contributed by atoms with Gasteiger partial charge in [-0.15, -0.1) is 5.10 Å². The normalized spacial score (nSPS) is 18.0. The molecule has 2 aromatic heterocycles. The van der Waals surface area contributed by atoms with Gasteiger partial charge < -0.3 is 14.4 Å². The Morgan fingerprint density at radius 3 is 2.49 bits per heavy atom. The van der Waals surface area contributed by atoms with E-state index in [1.165, 1.54) is 15.8 Å². The number of likely N-dealkylation sites (N-methyl/N-ethyl adjacent to an activating group) is 1. The summed E-state index contributed by atoms with van der Waals surface area (Å²) in [7, 11) is 3.42. The van der Waals surface area contributed by atoms with Crippen LogP contribution in [0.25, 0.3) is 22.0 Å². The van der Waals surface area contributed by atoms with Gasteiger partial charge in [-0.3, -0.25) is 4.79 Å². The smallest absolute Gasteiger partial charge is 0.393 e. The standard InChI is InChI=1S/C38H40F4N4O3/c1-45(2)33(47)12-6-8-18-37(19-20-37)25-49-32-17-15-28(24-43-32)35(30(23-38(40,41)42)26-10-4-3-5-11-26)27-14-16-31-29(22-27)36(39)44-46(31)34-13-7-9-21-48-34/h3-6,10-12,14-17,22,24,34H,7-9,13,18-21,23,25H2,1-2H3/b12-6+,35-30-. The molecular formula is C38H40F4N4O3. The molecule has 1 unspecified atom stereocenters. The molecule has 7 nitrogen and oxygen atoms in total. The van der Waals surface area contributed by atoms with Gasteiger partial charge in [0.1, 0.15) is 0 Å². The van der Waals surface area contributed by atoms with Crippen molar-refractivity contribution < 1.29 is 31.8 Å². The predicted octanol–water partition coefficient (Wildman–Crippen LogP) is 8.76. The van der Waals surface area contributed by atoms with Crippen LogP contribution in [0.4, 0.5) is 17.6 Å². The average molecular weight is 677 g/mol. The summed E-state index contributed by atoms with van der Waals surface area (Å²) in [5.74, 6) is -0.406. The topological polar surface area (TPSA) is 69.5 Å². The fourth-order valence-electron chi connectivity index (χ4n) is 6.29. The molecule has 4 aromatic rings. The summed E-state index contributed by atoms with van der Waals surface area (Å²) in [5, 5.41) is 4.32. The zero-order valence-electron chi connectivity index (χ0n) is 27.7. The van der Waals surface area contributed by atoms with Crippen molar-refractivity contribution in [1.29, 1.82) is 0 Å². The third-order valence-electron chi connectivity index (χ3n) is 9.23. The lowest BCUT2D eigenvalue weighted by atomic mass is 9.88. The van der Waals surface area contributed by atoms with E-state index in [9.17, 15) is 18.0 Å². The van der Waals surface area contributed by atoms with Crippen molar-refractivity contribution in [2.75, 3.05) is 27.3 Å². The third kappa shape index (κ3) is 8.39.